The van der Waals surface area contributed by atoms with E-state index in [4.69, 9.17) is 16.7 Å². The number of nitrogens with one attached hydrogen (secondary N) is 1. The third kappa shape index (κ3) is 3.35. The van der Waals surface area contributed by atoms with Gasteiger partial charge in [0.15, 0.2) is 5.82 Å². The number of aliphatic hydroxyl groups is 1. The van der Waals surface area contributed by atoms with E-state index in [0.29, 0.717) is 0 Å². The fraction of sp³-hybridized carbons (Fsp3) is 0.133. The number of aliphatic hydroxyl groups excluding tert-OH is 1. The van der Waals surface area contributed by atoms with E-state index in [0.717, 1.165) is 11.1 Å². The van der Waals surface area contributed by atoms with Crippen molar-refractivity contribution < 1.29 is 14.3 Å². The summed E-state index contributed by atoms with van der Waals surface area (Å²) in [6.45, 7) is 0.184. The lowest BCUT2D eigenvalue weighted by atomic mass is 10.1. The highest BCUT2D eigenvalue weighted by atomic mass is 35.5. The van der Waals surface area contributed by atoms with Crippen LogP contribution in [0.15, 0.2) is 42.5 Å². The maximum Gasteiger partial charge on any atom is 0.254 e. The molecule has 2 rings (SSSR count). The van der Waals surface area contributed by atoms with Crippen molar-refractivity contribution in [2.45, 2.75) is 13.2 Å². The number of halogens is 2. The number of benzene rings is 2. The van der Waals surface area contributed by atoms with Gasteiger partial charge in [0, 0.05) is 6.54 Å². The summed E-state index contributed by atoms with van der Waals surface area (Å²) in [7, 11) is 0. The lowest BCUT2D eigenvalue weighted by Crippen LogP contribution is -2.24. The van der Waals surface area contributed by atoms with E-state index in [-0.39, 0.29) is 23.7 Å². The highest BCUT2D eigenvalue weighted by Crippen LogP contribution is 2.17. The molecule has 2 aromatic rings. The Hall–Kier alpha value is -1.91. The number of carbonyl (C=O) groups is 1. The number of amides is 1. The van der Waals surface area contributed by atoms with Crippen molar-refractivity contribution in [1.82, 2.24) is 5.32 Å². The van der Waals surface area contributed by atoms with Crippen molar-refractivity contribution in [3.8, 4) is 0 Å². The van der Waals surface area contributed by atoms with E-state index in [1.165, 1.54) is 18.2 Å². The average Bonchev–Trinajstić information content (AvgIpc) is 2.48. The fourth-order valence-electron chi connectivity index (χ4n) is 1.79. The first kappa shape index (κ1) is 14.5. The largest absolute Gasteiger partial charge is 0.392 e. The van der Waals surface area contributed by atoms with Crippen molar-refractivity contribution >= 4 is 17.5 Å². The summed E-state index contributed by atoms with van der Waals surface area (Å²) in [6.07, 6.45) is 0. The molecule has 0 spiro atoms. The molecule has 2 N–H and O–H groups in total. The Morgan fingerprint density at radius 3 is 2.65 bits per heavy atom. The van der Waals surface area contributed by atoms with E-state index >= 15 is 0 Å². The molecule has 20 heavy (non-hydrogen) atoms. The first-order valence-corrected chi connectivity index (χ1v) is 6.40. The summed E-state index contributed by atoms with van der Waals surface area (Å²) in [6, 6.07) is 11.4. The molecule has 104 valence electrons. The summed E-state index contributed by atoms with van der Waals surface area (Å²) < 4.78 is 13.7. The molecular weight excluding hydrogens is 281 g/mol. The van der Waals surface area contributed by atoms with Crippen LogP contribution in [0.5, 0.6) is 0 Å². The summed E-state index contributed by atoms with van der Waals surface area (Å²) in [5, 5.41) is 11.6. The topological polar surface area (TPSA) is 49.3 Å². The van der Waals surface area contributed by atoms with Crippen molar-refractivity contribution in [3.05, 3.63) is 70.0 Å². The molecule has 0 aliphatic rings. The van der Waals surface area contributed by atoms with Crippen LogP contribution >= 0.6 is 11.6 Å². The van der Waals surface area contributed by atoms with Crippen molar-refractivity contribution in [2.75, 3.05) is 0 Å². The van der Waals surface area contributed by atoms with Gasteiger partial charge in [0.1, 0.15) is 0 Å². The van der Waals surface area contributed by atoms with Crippen molar-refractivity contribution in [3.63, 3.8) is 0 Å². The molecule has 0 heterocycles. The highest BCUT2D eigenvalue weighted by Gasteiger charge is 2.13. The molecule has 1 amide bonds. The van der Waals surface area contributed by atoms with Gasteiger partial charge >= 0.3 is 0 Å². The van der Waals surface area contributed by atoms with E-state index in [2.05, 4.69) is 5.32 Å². The van der Waals surface area contributed by atoms with Gasteiger partial charge in [-0.2, -0.15) is 0 Å². The van der Waals surface area contributed by atoms with Crippen LogP contribution in [0.2, 0.25) is 5.02 Å². The number of rotatable bonds is 4. The molecule has 0 atom stereocenters. The van der Waals surface area contributed by atoms with Gasteiger partial charge in [0.05, 0.1) is 17.2 Å². The first-order chi connectivity index (χ1) is 9.61. The molecule has 0 unspecified atom stereocenters. The summed E-state index contributed by atoms with van der Waals surface area (Å²) in [5.74, 6) is -1.25. The molecule has 5 heteroatoms. The van der Waals surface area contributed by atoms with Crippen LogP contribution in [0, 0.1) is 5.82 Å². The van der Waals surface area contributed by atoms with Crippen LogP contribution in [-0.2, 0) is 13.2 Å². The van der Waals surface area contributed by atoms with Crippen LogP contribution in [0.25, 0.3) is 0 Å². The van der Waals surface area contributed by atoms with E-state index < -0.39 is 11.7 Å². The lowest BCUT2D eigenvalue weighted by molar-refractivity contribution is 0.0947. The predicted octanol–water partition coefficient (Wildman–Crippen LogP) is 2.90. The Labute approximate surface area is 121 Å². The third-order valence-electron chi connectivity index (χ3n) is 2.82. The molecule has 0 fully saturated rings. The third-order valence-corrected chi connectivity index (χ3v) is 3.12. The van der Waals surface area contributed by atoms with Gasteiger partial charge in [0.25, 0.3) is 5.91 Å². The number of hydrogen-bond donors (Lipinski definition) is 2. The molecule has 0 aromatic heterocycles. The lowest BCUT2D eigenvalue weighted by Gasteiger charge is -2.08. The molecule has 0 saturated heterocycles. The molecule has 0 saturated carbocycles. The maximum atomic E-state index is 13.7. The van der Waals surface area contributed by atoms with E-state index in [1.54, 1.807) is 18.2 Å². The van der Waals surface area contributed by atoms with Crippen LogP contribution < -0.4 is 5.32 Å². The van der Waals surface area contributed by atoms with Gasteiger partial charge < -0.3 is 10.4 Å². The van der Waals surface area contributed by atoms with Crippen LogP contribution in [0.4, 0.5) is 4.39 Å². The van der Waals surface area contributed by atoms with Gasteiger partial charge in [-0.05, 0) is 23.3 Å². The minimum absolute atomic E-state index is 0.0648. The highest BCUT2D eigenvalue weighted by molar-refractivity contribution is 6.31. The minimum Gasteiger partial charge on any atom is -0.392 e. The van der Waals surface area contributed by atoms with Crippen LogP contribution in [0.1, 0.15) is 21.5 Å². The monoisotopic (exact) mass is 293 g/mol. The maximum absolute atomic E-state index is 13.7. The summed E-state index contributed by atoms with van der Waals surface area (Å²) >= 11 is 5.63. The molecule has 2 aromatic carbocycles. The van der Waals surface area contributed by atoms with Gasteiger partial charge in [-0.15, -0.1) is 0 Å². The van der Waals surface area contributed by atoms with Gasteiger partial charge in [-0.25, -0.2) is 4.39 Å². The Balaban J connectivity index is 2.06. The zero-order valence-electron chi connectivity index (χ0n) is 10.6. The minimum atomic E-state index is -0.726. The van der Waals surface area contributed by atoms with Gasteiger partial charge in [0.2, 0.25) is 0 Å². The molecule has 0 aliphatic heterocycles. The second-order valence-corrected chi connectivity index (χ2v) is 4.67. The Bertz CT molecular complexity index is 631. The average molecular weight is 294 g/mol. The zero-order valence-corrected chi connectivity index (χ0v) is 11.3. The Morgan fingerprint density at radius 1 is 1.20 bits per heavy atom. The standard InChI is InChI=1S/C15H13ClFNO2/c16-13-6-2-5-12(14(13)17)15(20)18-8-10-3-1-4-11(7-10)9-19/h1-7,19H,8-9H2,(H,18,20). The summed E-state index contributed by atoms with van der Waals surface area (Å²) in [5.41, 5.74) is 1.49. The second kappa shape index (κ2) is 6.50. The SMILES string of the molecule is O=C(NCc1cccc(CO)c1)c1cccc(Cl)c1F. The smallest absolute Gasteiger partial charge is 0.254 e. The summed E-state index contributed by atoms with van der Waals surface area (Å²) in [4.78, 5) is 11.9. The molecule has 3 nitrogen and oxygen atoms in total. The predicted molar refractivity (Wildman–Crippen MR) is 74.9 cm³/mol. The molecular formula is C15H13ClFNO2. The quantitative estimate of drug-likeness (QED) is 0.910. The van der Waals surface area contributed by atoms with Crippen molar-refractivity contribution in [2.24, 2.45) is 0 Å². The second-order valence-electron chi connectivity index (χ2n) is 4.26. The fourth-order valence-corrected chi connectivity index (χ4v) is 1.97. The Kier molecular flexibility index (Phi) is 4.71. The number of carbonyl (C=O) groups excluding carboxylic acids is 1. The van der Waals surface area contributed by atoms with Gasteiger partial charge in [-0.1, -0.05) is 41.9 Å². The molecule has 0 bridgehead atoms. The van der Waals surface area contributed by atoms with Crippen LogP contribution in [-0.4, -0.2) is 11.0 Å². The van der Waals surface area contributed by atoms with Crippen LogP contribution in [0.3, 0.4) is 0 Å². The van der Waals surface area contributed by atoms with E-state index in [9.17, 15) is 9.18 Å². The molecule has 0 aliphatic carbocycles. The zero-order chi connectivity index (χ0) is 14.5. The van der Waals surface area contributed by atoms with Gasteiger partial charge in [-0.3, -0.25) is 4.79 Å². The first-order valence-electron chi connectivity index (χ1n) is 6.02. The number of hydrogen-bond acceptors (Lipinski definition) is 2. The van der Waals surface area contributed by atoms with Crippen molar-refractivity contribution in [1.29, 1.82) is 0 Å². The normalized spacial score (nSPS) is 10.3. The van der Waals surface area contributed by atoms with E-state index in [1.807, 2.05) is 6.07 Å². The Morgan fingerprint density at radius 2 is 1.90 bits per heavy atom. The molecule has 0 radical (unpaired) electrons.